The summed E-state index contributed by atoms with van der Waals surface area (Å²) in [5, 5.41) is 13.8. The average Bonchev–Trinajstić information content (AvgIpc) is 3.86. The largest absolute Gasteiger partial charge is 0.344 e. The molecule has 4 aromatic rings. The molecule has 2 aliphatic rings. The second-order valence-corrected chi connectivity index (χ2v) is 14.2. The number of hydrogen-bond donors (Lipinski definition) is 3. The molecule has 0 spiro atoms. The van der Waals surface area contributed by atoms with Gasteiger partial charge < -0.3 is 25.6 Å². The molecule has 278 valence electrons. The van der Waals surface area contributed by atoms with Crippen LogP contribution in [-0.4, -0.2) is 87.9 Å². The number of carbonyl (C=O) groups is 4. The number of hydrogen-bond acceptors (Lipinski definition) is 7. The minimum absolute atomic E-state index is 0.0554. The van der Waals surface area contributed by atoms with E-state index in [-0.39, 0.29) is 30.2 Å². The molecule has 3 amide bonds. The molecular weight excluding hydrogens is 667 g/mol. The third kappa shape index (κ3) is 9.27. The van der Waals surface area contributed by atoms with E-state index in [1.54, 1.807) is 23.9 Å². The number of benzene rings is 3. The Bertz CT molecular complexity index is 1830. The number of fused-ring (bicyclic) bond motifs is 1. The molecular formula is C42H51N7O4. The highest BCUT2D eigenvalue weighted by molar-refractivity contribution is 5.95. The molecule has 1 aliphatic carbocycles. The molecule has 3 N–H and O–H groups in total. The molecule has 3 aromatic carbocycles. The van der Waals surface area contributed by atoms with Crippen molar-refractivity contribution < 1.29 is 19.2 Å². The fourth-order valence-corrected chi connectivity index (χ4v) is 7.56. The van der Waals surface area contributed by atoms with Crippen molar-refractivity contribution in [2.45, 2.75) is 70.7 Å². The van der Waals surface area contributed by atoms with Crippen LogP contribution in [0, 0.1) is 5.92 Å². The van der Waals surface area contributed by atoms with Gasteiger partial charge in [-0.15, -0.1) is 0 Å². The molecule has 0 unspecified atom stereocenters. The van der Waals surface area contributed by atoms with Gasteiger partial charge in [0.2, 0.25) is 11.8 Å². The Morgan fingerprint density at radius 3 is 2.15 bits per heavy atom. The van der Waals surface area contributed by atoms with Gasteiger partial charge >= 0.3 is 0 Å². The van der Waals surface area contributed by atoms with Gasteiger partial charge in [-0.25, -0.2) is 0 Å². The molecule has 1 fully saturated rings. The molecule has 1 aliphatic heterocycles. The minimum Gasteiger partial charge on any atom is -0.344 e. The van der Waals surface area contributed by atoms with Crippen molar-refractivity contribution in [3.05, 3.63) is 125 Å². The van der Waals surface area contributed by atoms with Gasteiger partial charge in [-0.1, -0.05) is 85.8 Å². The minimum atomic E-state index is -1.14. The maximum absolute atomic E-state index is 13.7. The van der Waals surface area contributed by atoms with Crippen LogP contribution in [-0.2, 0) is 53.3 Å². The van der Waals surface area contributed by atoms with E-state index in [0.717, 1.165) is 37.0 Å². The normalized spacial score (nSPS) is 16.4. The highest BCUT2D eigenvalue weighted by Crippen LogP contribution is 2.33. The number of aldehydes is 1. The zero-order chi connectivity index (χ0) is 37.2. The van der Waals surface area contributed by atoms with E-state index in [2.05, 4.69) is 50.2 Å². The van der Waals surface area contributed by atoms with Crippen LogP contribution in [0.1, 0.15) is 58.6 Å². The van der Waals surface area contributed by atoms with Gasteiger partial charge in [-0.3, -0.25) is 24.0 Å². The third-order valence-electron chi connectivity index (χ3n) is 10.7. The van der Waals surface area contributed by atoms with Crippen LogP contribution >= 0.6 is 0 Å². The summed E-state index contributed by atoms with van der Waals surface area (Å²) in [5.74, 6) is -0.650. The number of aromatic nitrogens is 2. The second-order valence-electron chi connectivity index (χ2n) is 14.2. The van der Waals surface area contributed by atoms with Gasteiger partial charge in [-0.05, 0) is 59.6 Å². The summed E-state index contributed by atoms with van der Waals surface area (Å²) < 4.78 is 1.63. The van der Waals surface area contributed by atoms with Gasteiger partial charge in [0, 0.05) is 71.4 Å². The Morgan fingerprint density at radius 1 is 0.849 bits per heavy atom. The van der Waals surface area contributed by atoms with Crippen molar-refractivity contribution >= 4 is 24.0 Å². The fourth-order valence-electron chi connectivity index (χ4n) is 7.56. The van der Waals surface area contributed by atoms with Crippen LogP contribution < -0.4 is 16.0 Å². The van der Waals surface area contributed by atoms with E-state index in [1.165, 1.54) is 16.7 Å². The fraction of sp³-hybridized carbons (Fsp3) is 0.405. The van der Waals surface area contributed by atoms with Crippen LogP contribution in [0.2, 0.25) is 0 Å². The first kappa shape index (κ1) is 37.6. The first-order chi connectivity index (χ1) is 25.8. The van der Waals surface area contributed by atoms with Crippen LogP contribution in [0.5, 0.6) is 0 Å². The Balaban J connectivity index is 1.08. The Morgan fingerprint density at radius 2 is 1.51 bits per heavy atom. The van der Waals surface area contributed by atoms with Crippen molar-refractivity contribution in [1.82, 2.24) is 35.5 Å². The predicted molar refractivity (Wildman–Crippen MR) is 204 cm³/mol. The van der Waals surface area contributed by atoms with Crippen LogP contribution in [0.25, 0.3) is 0 Å². The molecule has 0 saturated carbocycles. The van der Waals surface area contributed by atoms with Crippen molar-refractivity contribution in [3.8, 4) is 0 Å². The van der Waals surface area contributed by atoms with Crippen molar-refractivity contribution in [1.29, 1.82) is 0 Å². The highest BCUT2D eigenvalue weighted by atomic mass is 16.2. The smallest absolute Gasteiger partial charge is 0.270 e. The zero-order valence-electron chi connectivity index (χ0n) is 30.8. The summed E-state index contributed by atoms with van der Waals surface area (Å²) in [5.41, 5.74) is 4.86. The summed E-state index contributed by atoms with van der Waals surface area (Å²) in [6.45, 7) is 8.63. The molecule has 1 aromatic heterocycles. The van der Waals surface area contributed by atoms with Gasteiger partial charge in [-0.2, -0.15) is 5.10 Å². The Kier molecular flexibility index (Phi) is 12.5. The number of piperazine rings is 1. The van der Waals surface area contributed by atoms with Crippen molar-refractivity contribution in [2.75, 3.05) is 32.7 Å². The monoisotopic (exact) mass is 717 g/mol. The molecule has 11 nitrogen and oxygen atoms in total. The van der Waals surface area contributed by atoms with Crippen LogP contribution in [0.4, 0.5) is 0 Å². The first-order valence-electron chi connectivity index (χ1n) is 18.8. The van der Waals surface area contributed by atoms with Crippen LogP contribution in [0.3, 0.4) is 0 Å². The maximum Gasteiger partial charge on any atom is 0.270 e. The van der Waals surface area contributed by atoms with E-state index in [4.69, 9.17) is 0 Å². The quantitative estimate of drug-likeness (QED) is 0.151. The van der Waals surface area contributed by atoms with E-state index in [9.17, 15) is 19.2 Å². The average molecular weight is 718 g/mol. The van der Waals surface area contributed by atoms with Gasteiger partial charge in [0.15, 0.2) is 0 Å². The lowest BCUT2D eigenvalue weighted by molar-refractivity contribution is -0.138. The summed E-state index contributed by atoms with van der Waals surface area (Å²) in [7, 11) is 0. The molecule has 11 heteroatoms. The SMILES string of the molecule is CCC(=O)N[C@H](Cc1ccc(CNC[C@](C=O)(NC(=O)c2ccnn2CC)C2Cc3ccccc3C2)cc1)C(=O)N1CCN(Cc2ccccc2)CC1. The number of aryl methyl sites for hydroxylation is 1. The molecule has 53 heavy (non-hydrogen) atoms. The van der Waals surface area contributed by atoms with Crippen molar-refractivity contribution in [2.24, 2.45) is 5.92 Å². The van der Waals surface area contributed by atoms with E-state index < -0.39 is 11.6 Å². The predicted octanol–water partition coefficient (Wildman–Crippen LogP) is 3.56. The lowest BCUT2D eigenvalue weighted by Crippen LogP contribution is -2.61. The van der Waals surface area contributed by atoms with E-state index in [0.29, 0.717) is 57.6 Å². The topological polar surface area (TPSA) is 129 Å². The Labute approximate surface area is 312 Å². The number of nitrogens with zero attached hydrogens (tertiary/aromatic N) is 4. The summed E-state index contributed by atoms with van der Waals surface area (Å²) in [6.07, 6.45) is 4.57. The number of rotatable bonds is 16. The molecule has 2 heterocycles. The number of nitrogens with one attached hydrogen (secondary N) is 3. The van der Waals surface area contributed by atoms with Gasteiger partial charge in [0.05, 0.1) is 0 Å². The molecule has 0 bridgehead atoms. The lowest BCUT2D eigenvalue weighted by atomic mass is 9.82. The van der Waals surface area contributed by atoms with Gasteiger partial charge in [0.25, 0.3) is 5.91 Å². The standard InChI is InChI=1S/C42H51N7O4/c1-3-39(51)45-37(41(53)48-22-20-47(21-23-48)28-33-10-6-5-7-11-33)24-31-14-16-32(17-15-31)27-43-29-42(30-50,36-25-34-12-8-9-13-35(34)26-36)46-40(52)38-18-19-44-49(38)4-2/h5-19,30,36-37,43H,3-4,20-29H2,1-2H3,(H,45,51)(H,46,52)/t37-,42-/m1/s1. The third-order valence-corrected chi connectivity index (χ3v) is 10.7. The van der Waals surface area contributed by atoms with Crippen molar-refractivity contribution in [3.63, 3.8) is 0 Å². The van der Waals surface area contributed by atoms with Crippen LogP contribution in [0.15, 0.2) is 91.1 Å². The van der Waals surface area contributed by atoms with E-state index >= 15 is 0 Å². The second kappa shape index (κ2) is 17.6. The highest BCUT2D eigenvalue weighted by Gasteiger charge is 2.43. The molecule has 0 radical (unpaired) electrons. The molecule has 2 atom stereocenters. The zero-order valence-corrected chi connectivity index (χ0v) is 30.8. The number of carbonyl (C=O) groups excluding carboxylic acids is 4. The first-order valence-corrected chi connectivity index (χ1v) is 18.8. The maximum atomic E-state index is 13.7. The summed E-state index contributed by atoms with van der Waals surface area (Å²) in [6, 6.07) is 27.5. The Hall–Kier alpha value is -5.13. The lowest BCUT2D eigenvalue weighted by Gasteiger charge is -2.36. The van der Waals surface area contributed by atoms with Gasteiger partial charge in [0.1, 0.15) is 23.6 Å². The number of amides is 3. The molecule has 1 saturated heterocycles. The van der Waals surface area contributed by atoms with E-state index in [1.807, 2.05) is 66.4 Å². The molecule has 6 rings (SSSR count). The summed E-state index contributed by atoms with van der Waals surface area (Å²) in [4.78, 5) is 57.1. The summed E-state index contributed by atoms with van der Waals surface area (Å²) >= 11 is 0.